The van der Waals surface area contributed by atoms with Crippen LogP contribution in [-0.4, -0.2) is 24.5 Å². The van der Waals surface area contributed by atoms with Crippen LogP contribution in [0.25, 0.3) is 0 Å². The lowest BCUT2D eigenvalue weighted by molar-refractivity contribution is 0.320. The van der Waals surface area contributed by atoms with Crippen molar-refractivity contribution in [2.24, 2.45) is 0 Å². The minimum absolute atomic E-state index is 0.527. The first-order valence-corrected chi connectivity index (χ1v) is 8.01. The Labute approximate surface area is 126 Å². The lowest BCUT2D eigenvalue weighted by Crippen LogP contribution is -2.22. The molecule has 2 nitrogen and oxygen atoms in total. The largest absolute Gasteiger partial charge is 0.310 e. The molecule has 0 bridgehead atoms. The van der Waals surface area contributed by atoms with Gasteiger partial charge in [-0.2, -0.15) is 0 Å². The molecule has 0 aliphatic carbocycles. The average molecular weight is 327 g/mol. The van der Waals surface area contributed by atoms with E-state index in [1.165, 1.54) is 35.0 Å². The number of hydrogen-bond acceptors (Lipinski definition) is 2. The van der Waals surface area contributed by atoms with Crippen molar-refractivity contribution >= 4 is 15.9 Å². The highest BCUT2D eigenvalue weighted by Crippen LogP contribution is 2.20. The smallest absolute Gasteiger partial charge is 0.0241 e. The van der Waals surface area contributed by atoms with Gasteiger partial charge in [0.15, 0.2) is 0 Å². The van der Waals surface area contributed by atoms with E-state index in [2.05, 4.69) is 72.2 Å². The van der Waals surface area contributed by atoms with Gasteiger partial charge < -0.3 is 10.2 Å². The molecule has 0 spiro atoms. The summed E-state index contributed by atoms with van der Waals surface area (Å²) < 4.78 is 1.22. The van der Waals surface area contributed by atoms with Crippen LogP contribution in [0.4, 0.5) is 0 Å². The summed E-state index contributed by atoms with van der Waals surface area (Å²) in [7, 11) is 2.19. The first kappa shape index (κ1) is 16.7. The molecule has 108 valence electrons. The van der Waals surface area contributed by atoms with Crippen molar-refractivity contribution in [1.82, 2.24) is 10.2 Å². The maximum absolute atomic E-state index is 3.70. The van der Waals surface area contributed by atoms with Gasteiger partial charge >= 0.3 is 0 Å². The first-order valence-electron chi connectivity index (χ1n) is 7.22. The standard InChI is InChI=1S/C16H27BrN2/c1-5-6-9-19(4)12-15-8-7-14(10-16(15)17)11-18-13(2)3/h7-8,10,13,18H,5-6,9,11-12H2,1-4H3. The van der Waals surface area contributed by atoms with E-state index in [4.69, 9.17) is 0 Å². The van der Waals surface area contributed by atoms with Crippen molar-refractivity contribution in [3.05, 3.63) is 33.8 Å². The van der Waals surface area contributed by atoms with Gasteiger partial charge in [-0.3, -0.25) is 0 Å². The lowest BCUT2D eigenvalue weighted by Gasteiger charge is -2.18. The molecule has 0 heterocycles. The van der Waals surface area contributed by atoms with Gasteiger partial charge in [-0.25, -0.2) is 0 Å². The number of unbranched alkanes of at least 4 members (excludes halogenated alkanes) is 1. The molecule has 0 radical (unpaired) electrons. The van der Waals surface area contributed by atoms with E-state index < -0.39 is 0 Å². The van der Waals surface area contributed by atoms with Crippen LogP contribution in [0, 0.1) is 0 Å². The molecular formula is C16H27BrN2. The van der Waals surface area contributed by atoms with Crippen LogP contribution in [0.2, 0.25) is 0 Å². The quantitative estimate of drug-likeness (QED) is 0.770. The summed E-state index contributed by atoms with van der Waals surface area (Å²) in [6, 6.07) is 7.23. The Morgan fingerprint density at radius 3 is 2.63 bits per heavy atom. The second-order valence-corrected chi connectivity index (χ2v) is 6.41. The Morgan fingerprint density at radius 1 is 1.32 bits per heavy atom. The fourth-order valence-electron chi connectivity index (χ4n) is 1.95. The number of nitrogens with one attached hydrogen (secondary N) is 1. The van der Waals surface area contributed by atoms with Gasteiger partial charge in [0.05, 0.1) is 0 Å². The summed E-state index contributed by atoms with van der Waals surface area (Å²) in [5, 5.41) is 3.45. The van der Waals surface area contributed by atoms with Crippen LogP contribution < -0.4 is 5.32 Å². The molecule has 0 unspecified atom stereocenters. The van der Waals surface area contributed by atoms with Crippen molar-refractivity contribution in [1.29, 1.82) is 0 Å². The molecule has 0 atom stereocenters. The van der Waals surface area contributed by atoms with Gasteiger partial charge in [0.1, 0.15) is 0 Å². The maximum Gasteiger partial charge on any atom is 0.0241 e. The van der Waals surface area contributed by atoms with E-state index in [1.54, 1.807) is 0 Å². The van der Waals surface area contributed by atoms with E-state index in [9.17, 15) is 0 Å². The molecule has 1 N–H and O–H groups in total. The summed E-state index contributed by atoms with van der Waals surface area (Å²) >= 11 is 3.70. The Kier molecular flexibility index (Phi) is 7.66. The zero-order valence-electron chi connectivity index (χ0n) is 12.7. The van der Waals surface area contributed by atoms with E-state index in [0.29, 0.717) is 6.04 Å². The molecule has 0 saturated carbocycles. The molecule has 0 saturated heterocycles. The summed E-state index contributed by atoms with van der Waals surface area (Å²) in [6.45, 7) is 9.69. The van der Waals surface area contributed by atoms with Crippen molar-refractivity contribution in [3.63, 3.8) is 0 Å². The minimum Gasteiger partial charge on any atom is -0.310 e. The highest BCUT2D eigenvalue weighted by molar-refractivity contribution is 9.10. The Morgan fingerprint density at radius 2 is 2.05 bits per heavy atom. The van der Waals surface area contributed by atoms with E-state index in [1.807, 2.05) is 0 Å². The molecule has 1 aromatic rings. The third-order valence-corrected chi connectivity index (χ3v) is 3.90. The van der Waals surface area contributed by atoms with Gasteiger partial charge in [-0.1, -0.05) is 55.3 Å². The van der Waals surface area contributed by atoms with Gasteiger partial charge in [0, 0.05) is 23.6 Å². The van der Waals surface area contributed by atoms with Crippen LogP contribution >= 0.6 is 15.9 Å². The molecule has 1 rings (SSSR count). The Hall–Kier alpha value is -0.380. The molecule has 0 aliphatic heterocycles. The molecule has 0 fully saturated rings. The average Bonchev–Trinajstić information content (AvgIpc) is 2.36. The Balaban J connectivity index is 2.56. The lowest BCUT2D eigenvalue weighted by atomic mass is 10.1. The van der Waals surface area contributed by atoms with Gasteiger partial charge in [0.2, 0.25) is 0 Å². The summed E-state index contributed by atoms with van der Waals surface area (Å²) in [5.41, 5.74) is 2.70. The highest BCUT2D eigenvalue weighted by atomic mass is 79.9. The third-order valence-electron chi connectivity index (χ3n) is 3.17. The molecule has 3 heteroatoms. The zero-order chi connectivity index (χ0) is 14.3. The monoisotopic (exact) mass is 326 g/mol. The first-order chi connectivity index (χ1) is 9.02. The van der Waals surface area contributed by atoms with E-state index in [-0.39, 0.29) is 0 Å². The number of rotatable bonds is 8. The molecule has 19 heavy (non-hydrogen) atoms. The second-order valence-electron chi connectivity index (χ2n) is 5.55. The van der Waals surface area contributed by atoms with Crippen LogP contribution in [0.5, 0.6) is 0 Å². The van der Waals surface area contributed by atoms with Crippen molar-refractivity contribution < 1.29 is 0 Å². The SMILES string of the molecule is CCCCN(C)Cc1ccc(CNC(C)C)cc1Br. The summed E-state index contributed by atoms with van der Waals surface area (Å²) in [4.78, 5) is 2.38. The van der Waals surface area contributed by atoms with Crippen molar-refractivity contribution in [2.75, 3.05) is 13.6 Å². The predicted octanol–water partition coefficient (Wildman–Crippen LogP) is 4.18. The highest BCUT2D eigenvalue weighted by Gasteiger charge is 2.05. The fourth-order valence-corrected chi connectivity index (χ4v) is 2.50. The maximum atomic E-state index is 3.70. The van der Waals surface area contributed by atoms with Gasteiger partial charge in [0.25, 0.3) is 0 Å². The molecule has 1 aromatic carbocycles. The van der Waals surface area contributed by atoms with Crippen LogP contribution in [0.1, 0.15) is 44.7 Å². The van der Waals surface area contributed by atoms with E-state index in [0.717, 1.165) is 13.1 Å². The topological polar surface area (TPSA) is 15.3 Å². The van der Waals surface area contributed by atoms with Gasteiger partial charge in [-0.15, -0.1) is 0 Å². The Bertz CT molecular complexity index is 377. The van der Waals surface area contributed by atoms with Crippen molar-refractivity contribution in [3.8, 4) is 0 Å². The number of benzene rings is 1. The number of halogens is 1. The van der Waals surface area contributed by atoms with Crippen LogP contribution in [0.3, 0.4) is 0 Å². The minimum atomic E-state index is 0.527. The fraction of sp³-hybridized carbons (Fsp3) is 0.625. The summed E-state index contributed by atoms with van der Waals surface area (Å²) in [6.07, 6.45) is 2.52. The molecule has 0 aliphatic rings. The van der Waals surface area contributed by atoms with Gasteiger partial charge in [-0.05, 0) is 37.2 Å². The van der Waals surface area contributed by atoms with Crippen molar-refractivity contribution in [2.45, 2.75) is 52.7 Å². The van der Waals surface area contributed by atoms with Crippen LogP contribution in [-0.2, 0) is 13.1 Å². The number of nitrogens with zero attached hydrogens (tertiary/aromatic N) is 1. The summed E-state index contributed by atoms with van der Waals surface area (Å²) in [5.74, 6) is 0. The van der Waals surface area contributed by atoms with E-state index >= 15 is 0 Å². The zero-order valence-corrected chi connectivity index (χ0v) is 14.3. The molecule has 0 aromatic heterocycles. The van der Waals surface area contributed by atoms with Crippen LogP contribution in [0.15, 0.2) is 22.7 Å². The second kappa shape index (κ2) is 8.72. The third kappa shape index (κ3) is 6.55. The number of hydrogen-bond donors (Lipinski definition) is 1. The normalized spacial score (nSPS) is 11.5. The predicted molar refractivity (Wildman–Crippen MR) is 87.4 cm³/mol. The molecule has 0 amide bonds. The molecular weight excluding hydrogens is 300 g/mol.